The van der Waals surface area contributed by atoms with Crippen molar-refractivity contribution in [3.05, 3.63) is 65.2 Å². The van der Waals surface area contributed by atoms with Crippen molar-refractivity contribution in [2.75, 3.05) is 13.2 Å². The normalized spacial score (nSPS) is 10.6. The topological polar surface area (TPSA) is 75.6 Å². The molecule has 1 amide bonds. The molecule has 2 aromatic rings. The maximum atomic E-state index is 12.0. The zero-order valence-corrected chi connectivity index (χ0v) is 15.2. The van der Waals surface area contributed by atoms with Crippen LogP contribution in [0, 0.1) is 5.92 Å². The van der Waals surface area contributed by atoms with Gasteiger partial charge in [0.15, 0.2) is 0 Å². The number of hydrogen-bond donors (Lipinski definition) is 2. The van der Waals surface area contributed by atoms with Crippen LogP contribution in [0.5, 0.6) is 5.75 Å². The van der Waals surface area contributed by atoms with Gasteiger partial charge in [0.25, 0.3) is 0 Å². The monoisotopic (exact) mass is 355 g/mol. The number of carbonyl (C=O) groups is 2. The first-order chi connectivity index (χ1) is 12.4. The van der Waals surface area contributed by atoms with Crippen molar-refractivity contribution < 1.29 is 19.4 Å². The quantitative estimate of drug-likeness (QED) is 0.723. The molecule has 0 aliphatic carbocycles. The van der Waals surface area contributed by atoms with Crippen molar-refractivity contribution in [2.24, 2.45) is 5.92 Å². The SMILES string of the molecule is CC(C)COc1ccc(CCNC(=O)Cc2ccc(C(=O)O)cc2)cc1. The molecule has 2 aromatic carbocycles. The number of benzene rings is 2. The number of ether oxygens (including phenoxy) is 1. The lowest BCUT2D eigenvalue weighted by Crippen LogP contribution is -2.27. The van der Waals surface area contributed by atoms with Crippen molar-refractivity contribution in [3.8, 4) is 5.75 Å². The van der Waals surface area contributed by atoms with Gasteiger partial charge in [-0.15, -0.1) is 0 Å². The number of rotatable bonds is 9. The molecule has 0 spiro atoms. The van der Waals surface area contributed by atoms with E-state index < -0.39 is 5.97 Å². The first-order valence-electron chi connectivity index (χ1n) is 8.74. The van der Waals surface area contributed by atoms with Gasteiger partial charge in [0.1, 0.15) is 5.75 Å². The molecule has 5 nitrogen and oxygen atoms in total. The van der Waals surface area contributed by atoms with Gasteiger partial charge in [-0.1, -0.05) is 38.1 Å². The van der Waals surface area contributed by atoms with Gasteiger partial charge >= 0.3 is 5.97 Å². The molecule has 0 radical (unpaired) electrons. The number of aromatic carboxylic acids is 1. The number of carboxylic acids is 1. The Kier molecular flexibility index (Phi) is 7.21. The van der Waals surface area contributed by atoms with Crippen LogP contribution in [0.4, 0.5) is 0 Å². The molecule has 0 aromatic heterocycles. The van der Waals surface area contributed by atoms with E-state index in [0.29, 0.717) is 19.1 Å². The van der Waals surface area contributed by atoms with Crippen molar-refractivity contribution in [2.45, 2.75) is 26.7 Å². The fourth-order valence-electron chi connectivity index (χ4n) is 2.37. The Morgan fingerprint density at radius 3 is 2.19 bits per heavy atom. The smallest absolute Gasteiger partial charge is 0.335 e. The molecule has 5 heteroatoms. The average Bonchev–Trinajstić information content (AvgIpc) is 2.61. The van der Waals surface area contributed by atoms with Crippen LogP contribution in [-0.4, -0.2) is 30.1 Å². The second-order valence-electron chi connectivity index (χ2n) is 6.63. The van der Waals surface area contributed by atoms with E-state index in [1.54, 1.807) is 12.1 Å². The lowest BCUT2D eigenvalue weighted by Gasteiger charge is -2.09. The number of hydrogen-bond acceptors (Lipinski definition) is 3. The van der Waals surface area contributed by atoms with Crippen molar-refractivity contribution in [3.63, 3.8) is 0 Å². The number of carboxylic acid groups (broad SMARTS) is 1. The Morgan fingerprint density at radius 2 is 1.62 bits per heavy atom. The van der Waals surface area contributed by atoms with E-state index in [0.717, 1.165) is 23.3 Å². The van der Waals surface area contributed by atoms with Gasteiger partial charge in [-0.05, 0) is 47.7 Å². The van der Waals surface area contributed by atoms with Gasteiger partial charge in [-0.2, -0.15) is 0 Å². The van der Waals surface area contributed by atoms with Crippen molar-refractivity contribution in [1.82, 2.24) is 5.32 Å². The second-order valence-corrected chi connectivity index (χ2v) is 6.63. The molecule has 0 heterocycles. The Balaban J connectivity index is 1.73. The van der Waals surface area contributed by atoms with Gasteiger partial charge < -0.3 is 15.2 Å². The number of nitrogens with one attached hydrogen (secondary N) is 1. The van der Waals surface area contributed by atoms with E-state index in [1.165, 1.54) is 12.1 Å². The van der Waals surface area contributed by atoms with E-state index >= 15 is 0 Å². The predicted octanol–water partition coefficient (Wildman–Crippen LogP) is 3.32. The predicted molar refractivity (Wildman–Crippen MR) is 101 cm³/mol. The maximum absolute atomic E-state index is 12.0. The molecule has 138 valence electrons. The van der Waals surface area contributed by atoms with Crippen LogP contribution in [0.2, 0.25) is 0 Å². The van der Waals surface area contributed by atoms with Crippen LogP contribution in [-0.2, 0) is 17.6 Å². The molecule has 0 saturated heterocycles. The zero-order valence-electron chi connectivity index (χ0n) is 15.2. The van der Waals surface area contributed by atoms with Gasteiger partial charge in [-0.25, -0.2) is 4.79 Å². The molecule has 0 saturated carbocycles. The number of carbonyl (C=O) groups excluding carboxylic acids is 1. The molecular weight excluding hydrogens is 330 g/mol. The highest BCUT2D eigenvalue weighted by molar-refractivity contribution is 5.87. The van der Waals surface area contributed by atoms with Gasteiger partial charge in [0.2, 0.25) is 5.91 Å². The van der Waals surface area contributed by atoms with E-state index in [1.807, 2.05) is 24.3 Å². The van der Waals surface area contributed by atoms with E-state index in [9.17, 15) is 9.59 Å². The van der Waals surface area contributed by atoms with Gasteiger partial charge in [-0.3, -0.25) is 4.79 Å². The molecule has 0 aliphatic heterocycles. The van der Waals surface area contributed by atoms with Crippen LogP contribution in [0.15, 0.2) is 48.5 Å². The average molecular weight is 355 g/mol. The third kappa shape index (κ3) is 6.59. The Hall–Kier alpha value is -2.82. The highest BCUT2D eigenvalue weighted by Crippen LogP contribution is 2.13. The van der Waals surface area contributed by atoms with Crippen molar-refractivity contribution in [1.29, 1.82) is 0 Å². The summed E-state index contributed by atoms with van der Waals surface area (Å²) in [5, 5.41) is 11.8. The summed E-state index contributed by atoms with van der Waals surface area (Å²) >= 11 is 0. The molecule has 0 bridgehead atoms. The lowest BCUT2D eigenvalue weighted by molar-refractivity contribution is -0.120. The molecular formula is C21H25NO4. The zero-order chi connectivity index (χ0) is 18.9. The van der Waals surface area contributed by atoms with Crippen molar-refractivity contribution >= 4 is 11.9 Å². The van der Waals surface area contributed by atoms with E-state index in [-0.39, 0.29) is 17.9 Å². The minimum Gasteiger partial charge on any atom is -0.493 e. The lowest BCUT2D eigenvalue weighted by atomic mass is 10.1. The maximum Gasteiger partial charge on any atom is 0.335 e. The summed E-state index contributed by atoms with van der Waals surface area (Å²) < 4.78 is 5.65. The first-order valence-corrected chi connectivity index (χ1v) is 8.74. The van der Waals surface area contributed by atoms with Gasteiger partial charge in [0, 0.05) is 6.54 Å². The Morgan fingerprint density at radius 1 is 1.00 bits per heavy atom. The summed E-state index contributed by atoms with van der Waals surface area (Å²) in [7, 11) is 0. The summed E-state index contributed by atoms with van der Waals surface area (Å²) in [5.41, 5.74) is 2.14. The van der Waals surface area contributed by atoms with E-state index in [4.69, 9.17) is 9.84 Å². The molecule has 0 aliphatic rings. The summed E-state index contributed by atoms with van der Waals surface area (Å²) in [6.07, 6.45) is 0.982. The molecule has 2 N–H and O–H groups in total. The summed E-state index contributed by atoms with van der Waals surface area (Å²) in [6.45, 7) is 5.47. The Bertz CT molecular complexity index is 721. The standard InChI is InChI=1S/C21H25NO4/c1-15(2)14-26-19-9-5-16(6-10-19)11-12-22-20(23)13-17-3-7-18(8-4-17)21(24)25/h3-10,15H,11-14H2,1-2H3,(H,22,23)(H,24,25). The molecule has 0 fully saturated rings. The van der Waals surface area contributed by atoms with Crippen LogP contribution in [0.25, 0.3) is 0 Å². The van der Waals surface area contributed by atoms with E-state index in [2.05, 4.69) is 19.2 Å². The first kappa shape index (κ1) is 19.5. The highest BCUT2D eigenvalue weighted by Gasteiger charge is 2.06. The third-order valence-corrected chi connectivity index (χ3v) is 3.81. The van der Waals surface area contributed by atoms with Crippen LogP contribution >= 0.6 is 0 Å². The van der Waals surface area contributed by atoms with Crippen LogP contribution in [0.3, 0.4) is 0 Å². The third-order valence-electron chi connectivity index (χ3n) is 3.81. The molecule has 0 unspecified atom stereocenters. The molecule has 2 rings (SSSR count). The second kappa shape index (κ2) is 9.61. The summed E-state index contributed by atoms with van der Waals surface area (Å²) in [4.78, 5) is 22.8. The minimum absolute atomic E-state index is 0.0787. The summed E-state index contributed by atoms with van der Waals surface area (Å²) in [6, 6.07) is 14.3. The minimum atomic E-state index is -0.971. The fourth-order valence-corrected chi connectivity index (χ4v) is 2.37. The highest BCUT2D eigenvalue weighted by atomic mass is 16.5. The number of amides is 1. The largest absolute Gasteiger partial charge is 0.493 e. The van der Waals surface area contributed by atoms with Crippen LogP contribution < -0.4 is 10.1 Å². The summed E-state index contributed by atoms with van der Waals surface area (Å²) in [5.74, 6) is 0.299. The molecule has 26 heavy (non-hydrogen) atoms. The van der Waals surface area contributed by atoms with Gasteiger partial charge in [0.05, 0.1) is 18.6 Å². The Labute approximate surface area is 154 Å². The fraction of sp³-hybridized carbons (Fsp3) is 0.333. The van der Waals surface area contributed by atoms with Crippen LogP contribution in [0.1, 0.15) is 35.3 Å². The molecule has 0 atom stereocenters.